The lowest BCUT2D eigenvalue weighted by Gasteiger charge is -2.03. The van der Waals surface area contributed by atoms with Gasteiger partial charge in [-0.05, 0) is 31.9 Å². The Labute approximate surface area is 72.6 Å². The highest BCUT2D eigenvalue weighted by Gasteiger charge is 2.02. The summed E-state index contributed by atoms with van der Waals surface area (Å²) in [5.74, 6) is 0. The molecule has 1 aromatic heterocycles. The molecule has 0 atom stereocenters. The van der Waals surface area contributed by atoms with Crippen molar-refractivity contribution >= 4 is 0 Å². The van der Waals surface area contributed by atoms with Crippen LogP contribution in [0.3, 0.4) is 0 Å². The molecule has 1 aromatic rings. The van der Waals surface area contributed by atoms with E-state index in [1.165, 1.54) is 0 Å². The van der Waals surface area contributed by atoms with Crippen LogP contribution in [0, 0.1) is 13.8 Å². The van der Waals surface area contributed by atoms with Crippen molar-refractivity contribution in [1.82, 2.24) is 4.98 Å². The molecule has 2 heteroatoms. The van der Waals surface area contributed by atoms with Crippen molar-refractivity contribution in [2.24, 2.45) is 0 Å². The van der Waals surface area contributed by atoms with Gasteiger partial charge in [0, 0.05) is 11.3 Å². The Bertz CT molecular complexity index is 325. The van der Waals surface area contributed by atoms with Crippen molar-refractivity contribution in [1.29, 1.82) is 0 Å². The largest absolute Gasteiger partial charge is 0.326 e. The van der Waals surface area contributed by atoms with E-state index in [0.29, 0.717) is 0 Å². The van der Waals surface area contributed by atoms with Crippen LogP contribution in [0.4, 0.5) is 0 Å². The fraction of sp³-hybridized carbons (Fsp3) is 0.500. The van der Waals surface area contributed by atoms with Crippen LogP contribution in [0.2, 0.25) is 0 Å². The number of pyridine rings is 1. The van der Waals surface area contributed by atoms with Gasteiger partial charge in [0.15, 0.2) is 0 Å². The Balaban J connectivity index is 3.19. The third-order valence-corrected chi connectivity index (χ3v) is 1.99. The number of nitrogens with one attached hydrogen (secondary N) is 1. The standard InChI is InChI=1S/C10H15NO/c1-4-5-9-7(2)6-8(3)11-10(9)12/h6H,4-5H2,1-3H3,(H,11,12). The summed E-state index contributed by atoms with van der Waals surface area (Å²) in [6, 6.07) is 2.02. The van der Waals surface area contributed by atoms with Crippen molar-refractivity contribution in [2.45, 2.75) is 33.6 Å². The molecule has 0 aromatic carbocycles. The SMILES string of the molecule is CCCc1c(C)cc(C)[nH]c1=O. The molecule has 0 radical (unpaired) electrons. The molecule has 0 aliphatic carbocycles. The van der Waals surface area contributed by atoms with Crippen molar-refractivity contribution < 1.29 is 0 Å². The number of H-pyrrole nitrogens is 1. The van der Waals surface area contributed by atoms with E-state index < -0.39 is 0 Å². The number of aromatic nitrogens is 1. The fourth-order valence-electron chi connectivity index (χ4n) is 1.44. The summed E-state index contributed by atoms with van der Waals surface area (Å²) in [6.07, 6.45) is 1.90. The normalized spacial score (nSPS) is 10.2. The first kappa shape index (κ1) is 9.04. The van der Waals surface area contributed by atoms with Gasteiger partial charge in [0.05, 0.1) is 0 Å². The van der Waals surface area contributed by atoms with Gasteiger partial charge in [-0.2, -0.15) is 0 Å². The second-order valence-electron chi connectivity index (χ2n) is 3.19. The molecule has 1 N–H and O–H groups in total. The lowest BCUT2D eigenvalue weighted by molar-refractivity contribution is 0.884. The second-order valence-corrected chi connectivity index (χ2v) is 3.19. The lowest BCUT2D eigenvalue weighted by Crippen LogP contribution is -2.15. The molecule has 2 nitrogen and oxygen atoms in total. The highest BCUT2D eigenvalue weighted by molar-refractivity contribution is 5.24. The maximum atomic E-state index is 11.4. The molecular formula is C10H15NO. The number of aryl methyl sites for hydroxylation is 2. The highest BCUT2D eigenvalue weighted by Crippen LogP contribution is 2.05. The third-order valence-electron chi connectivity index (χ3n) is 1.99. The molecule has 0 saturated carbocycles. The van der Waals surface area contributed by atoms with Crippen LogP contribution in [-0.2, 0) is 6.42 Å². The average Bonchev–Trinajstić information content (AvgIpc) is 1.96. The van der Waals surface area contributed by atoms with Gasteiger partial charge in [0.2, 0.25) is 0 Å². The zero-order valence-electron chi connectivity index (χ0n) is 7.90. The van der Waals surface area contributed by atoms with Gasteiger partial charge in [-0.15, -0.1) is 0 Å². The lowest BCUT2D eigenvalue weighted by atomic mass is 10.1. The van der Waals surface area contributed by atoms with Crippen LogP contribution in [0.5, 0.6) is 0 Å². The van der Waals surface area contributed by atoms with E-state index in [0.717, 1.165) is 29.7 Å². The minimum Gasteiger partial charge on any atom is -0.326 e. The predicted molar refractivity (Wildman–Crippen MR) is 50.5 cm³/mol. The maximum Gasteiger partial charge on any atom is 0.251 e. The Kier molecular flexibility index (Phi) is 2.69. The quantitative estimate of drug-likeness (QED) is 0.713. The summed E-state index contributed by atoms with van der Waals surface area (Å²) in [6.45, 7) is 5.98. The minimum absolute atomic E-state index is 0.0781. The van der Waals surface area contributed by atoms with E-state index in [1.807, 2.05) is 19.9 Å². The van der Waals surface area contributed by atoms with Crippen molar-refractivity contribution in [3.05, 3.63) is 33.2 Å². The van der Waals surface area contributed by atoms with Crippen LogP contribution in [0.25, 0.3) is 0 Å². The van der Waals surface area contributed by atoms with Crippen molar-refractivity contribution in [3.8, 4) is 0 Å². The Hall–Kier alpha value is -1.05. The van der Waals surface area contributed by atoms with Gasteiger partial charge < -0.3 is 4.98 Å². The summed E-state index contributed by atoms with van der Waals surface area (Å²) >= 11 is 0. The van der Waals surface area contributed by atoms with E-state index in [-0.39, 0.29) is 5.56 Å². The van der Waals surface area contributed by atoms with E-state index in [4.69, 9.17) is 0 Å². The highest BCUT2D eigenvalue weighted by atomic mass is 16.1. The van der Waals surface area contributed by atoms with Gasteiger partial charge >= 0.3 is 0 Å². The smallest absolute Gasteiger partial charge is 0.251 e. The van der Waals surface area contributed by atoms with Crippen molar-refractivity contribution in [3.63, 3.8) is 0 Å². The van der Waals surface area contributed by atoms with Crippen LogP contribution in [0.1, 0.15) is 30.2 Å². The van der Waals surface area contributed by atoms with E-state index in [1.54, 1.807) is 0 Å². The monoisotopic (exact) mass is 165 g/mol. The first-order chi connectivity index (χ1) is 5.65. The average molecular weight is 165 g/mol. The molecular weight excluding hydrogens is 150 g/mol. The molecule has 0 unspecified atom stereocenters. The summed E-state index contributed by atoms with van der Waals surface area (Å²) in [4.78, 5) is 14.2. The summed E-state index contributed by atoms with van der Waals surface area (Å²) in [5, 5.41) is 0. The topological polar surface area (TPSA) is 32.9 Å². The first-order valence-electron chi connectivity index (χ1n) is 4.34. The Morgan fingerprint density at radius 3 is 2.58 bits per heavy atom. The van der Waals surface area contributed by atoms with Gasteiger partial charge in [-0.1, -0.05) is 13.3 Å². The van der Waals surface area contributed by atoms with Crippen molar-refractivity contribution in [2.75, 3.05) is 0 Å². The number of rotatable bonds is 2. The molecule has 0 bridgehead atoms. The molecule has 0 saturated heterocycles. The molecule has 0 amide bonds. The molecule has 1 heterocycles. The maximum absolute atomic E-state index is 11.4. The Morgan fingerprint density at radius 1 is 1.42 bits per heavy atom. The molecule has 66 valence electrons. The number of hydrogen-bond donors (Lipinski definition) is 1. The van der Waals surface area contributed by atoms with Crippen LogP contribution in [0.15, 0.2) is 10.9 Å². The van der Waals surface area contributed by atoms with Gasteiger partial charge in [-0.3, -0.25) is 4.79 Å². The van der Waals surface area contributed by atoms with E-state index in [9.17, 15) is 4.79 Å². The predicted octanol–water partition coefficient (Wildman–Crippen LogP) is 1.94. The fourth-order valence-corrected chi connectivity index (χ4v) is 1.44. The van der Waals surface area contributed by atoms with Crippen LogP contribution >= 0.6 is 0 Å². The summed E-state index contributed by atoms with van der Waals surface area (Å²) in [5.41, 5.74) is 3.06. The van der Waals surface area contributed by atoms with E-state index >= 15 is 0 Å². The number of aromatic amines is 1. The van der Waals surface area contributed by atoms with Crippen LogP contribution < -0.4 is 5.56 Å². The van der Waals surface area contributed by atoms with Crippen LogP contribution in [-0.4, -0.2) is 4.98 Å². The molecule has 0 aliphatic rings. The first-order valence-corrected chi connectivity index (χ1v) is 4.34. The molecule has 0 spiro atoms. The Morgan fingerprint density at radius 2 is 2.08 bits per heavy atom. The van der Waals surface area contributed by atoms with E-state index in [2.05, 4.69) is 11.9 Å². The van der Waals surface area contributed by atoms with Gasteiger partial charge in [-0.25, -0.2) is 0 Å². The molecule has 0 aliphatic heterocycles. The molecule has 0 fully saturated rings. The second kappa shape index (κ2) is 3.57. The minimum atomic E-state index is 0.0781. The van der Waals surface area contributed by atoms with Gasteiger partial charge in [0.25, 0.3) is 5.56 Å². The zero-order valence-corrected chi connectivity index (χ0v) is 7.90. The van der Waals surface area contributed by atoms with Gasteiger partial charge in [0.1, 0.15) is 0 Å². The zero-order chi connectivity index (χ0) is 9.14. The molecule has 12 heavy (non-hydrogen) atoms. The summed E-state index contributed by atoms with van der Waals surface area (Å²) < 4.78 is 0. The molecule has 1 rings (SSSR count). The third kappa shape index (κ3) is 1.76. The number of hydrogen-bond acceptors (Lipinski definition) is 1. The summed E-state index contributed by atoms with van der Waals surface area (Å²) in [7, 11) is 0.